The highest BCUT2D eigenvalue weighted by Crippen LogP contribution is 2.29. The molecule has 2 nitrogen and oxygen atoms in total. The summed E-state index contributed by atoms with van der Waals surface area (Å²) in [6.07, 6.45) is 0.768. The minimum absolute atomic E-state index is 0.0385. The molecule has 0 aliphatic rings. The van der Waals surface area contributed by atoms with Crippen LogP contribution in [0.2, 0.25) is 0 Å². The van der Waals surface area contributed by atoms with E-state index in [0.717, 1.165) is 12.0 Å². The summed E-state index contributed by atoms with van der Waals surface area (Å²) in [5.41, 5.74) is 2.56. The molecular weight excluding hydrogens is 263 g/mol. The third-order valence-electron chi connectivity index (χ3n) is 2.10. The van der Waals surface area contributed by atoms with Crippen molar-refractivity contribution >= 4 is 11.8 Å². The van der Waals surface area contributed by atoms with Gasteiger partial charge in [0.2, 0.25) is 0 Å². The molecular formula is C12H16F3NOS. The van der Waals surface area contributed by atoms with Gasteiger partial charge in [0, 0.05) is 11.8 Å². The van der Waals surface area contributed by atoms with Crippen molar-refractivity contribution in [2.45, 2.75) is 24.9 Å². The van der Waals surface area contributed by atoms with Crippen molar-refractivity contribution in [3.63, 3.8) is 0 Å². The van der Waals surface area contributed by atoms with Gasteiger partial charge in [-0.3, -0.25) is 0 Å². The molecule has 0 saturated carbocycles. The van der Waals surface area contributed by atoms with E-state index in [0.29, 0.717) is 5.75 Å². The van der Waals surface area contributed by atoms with Crippen LogP contribution >= 0.6 is 11.8 Å². The van der Waals surface area contributed by atoms with Gasteiger partial charge in [-0.05, 0) is 42.8 Å². The molecule has 0 saturated heterocycles. The van der Waals surface area contributed by atoms with Gasteiger partial charge in [0.15, 0.2) is 0 Å². The van der Waals surface area contributed by atoms with Crippen LogP contribution in [0.15, 0.2) is 24.3 Å². The summed E-state index contributed by atoms with van der Waals surface area (Å²) in [5.74, 6) is 0.469. The van der Waals surface area contributed by atoms with Crippen LogP contribution in [-0.2, 0) is 6.42 Å². The number of hydrogen-bond acceptors (Lipinski definition) is 3. The van der Waals surface area contributed by atoms with Crippen molar-refractivity contribution in [3.8, 4) is 5.75 Å². The Bertz CT molecular complexity index is 351. The smallest absolute Gasteiger partial charge is 0.441 e. The zero-order valence-corrected chi connectivity index (χ0v) is 10.9. The zero-order valence-electron chi connectivity index (χ0n) is 10.0. The maximum atomic E-state index is 11.9. The SMILES string of the molecule is CC(N)Cc1ccc(OCCSC(F)(F)F)cc1. The summed E-state index contributed by atoms with van der Waals surface area (Å²) >= 11 is -0.0771. The molecule has 6 heteroatoms. The van der Waals surface area contributed by atoms with E-state index in [1.165, 1.54) is 0 Å². The second kappa shape index (κ2) is 6.89. The number of thioether (sulfide) groups is 1. The van der Waals surface area contributed by atoms with Crippen molar-refractivity contribution in [2.24, 2.45) is 5.73 Å². The van der Waals surface area contributed by atoms with Crippen molar-refractivity contribution in [1.82, 2.24) is 0 Å². The van der Waals surface area contributed by atoms with Gasteiger partial charge in [0.25, 0.3) is 0 Å². The van der Waals surface area contributed by atoms with E-state index >= 15 is 0 Å². The van der Waals surface area contributed by atoms with Crippen molar-refractivity contribution in [2.75, 3.05) is 12.4 Å². The molecule has 0 aromatic heterocycles. The third kappa shape index (κ3) is 6.76. The van der Waals surface area contributed by atoms with E-state index in [1.807, 2.05) is 19.1 Å². The Labute approximate surface area is 109 Å². The molecule has 1 aromatic carbocycles. The molecule has 2 N–H and O–H groups in total. The van der Waals surface area contributed by atoms with Gasteiger partial charge in [0.05, 0.1) is 6.61 Å². The summed E-state index contributed by atoms with van der Waals surface area (Å²) < 4.78 is 40.8. The fraction of sp³-hybridized carbons (Fsp3) is 0.500. The highest BCUT2D eigenvalue weighted by molar-refractivity contribution is 8.00. The van der Waals surface area contributed by atoms with E-state index in [-0.39, 0.29) is 30.2 Å². The number of hydrogen-bond donors (Lipinski definition) is 1. The van der Waals surface area contributed by atoms with Crippen LogP contribution in [0.4, 0.5) is 13.2 Å². The lowest BCUT2D eigenvalue weighted by Crippen LogP contribution is -2.17. The number of ether oxygens (including phenoxy) is 1. The Morgan fingerprint density at radius 2 is 1.89 bits per heavy atom. The van der Waals surface area contributed by atoms with E-state index < -0.39 is 5.51 Å². The van der Waals surface area contributed by atoms with Crippen molar-refractivity contribution < 1.29 is 17.9 Å². The second-order valence-corrected chi connectivity index (χ2v) is 5.13. The van der Waals surface area contributed by atoms with Gasteiger partial charge in [-0.25, -0.2) is 0 Å². The summed E-state index contributed by atoms with van der Waals surface area (Å²) in [6.45, 7) is 1.95. The molecule has 0 fully saturated rings. The van der Waals surface area contributed by atoms with E-state index in [9.17, 15) is 13.2 Å². The first-order chi connectivity index (χ1) is 8.37. The molecule has 18 heavy (non-hydrogen) atoms. The first kappa shape index (κ1) is 15.2. The van der Waals surface area contributed by atoms with Gasteiger partial charge in [0.1, 0.15) is 5.75 Å². The number of halogens is 3. The molecule has 0 aliphatic heterocycles. The first-order valence-electron chi connectivity index (χ1n) is 5.55. The van der Waals surface area contributed by atoms with Crippen LogP contribution < -0.4 is 10.5 Å². The number of nitrogens with two attached hydrogens (primary N) is 1. The molecule has 0 amide bonds. The summed E-state index contributed by atoms with van der Waals surface area (Å²) in [7, 11) is 0. The number of alkyl halides is 3. The summed E-state index contributed by atoms with van der Waals surface area (Å²) in [4.78, 5) is 0. The Hall–Kier alpha value is -0.880. The van der Waals surface area contributed by atoms with Crippen molar-refractivity contribution in [1.29, 1.82) is 0 Å². The van der Waals surface area contributed by atoms with Gasteiger partial charge in [-0.1, -0.05) is 12.1 Å². The quantitative estimate of drug-likeness (QED) is 0.812. The molecule has 102 valence electrons. The average molecular weight is 279 g/mol. The predicted octanol–water partition coefficient (Wildman–Crippen LogP) is 3.21. The Balaban J connectivity index is 2.31. The fourth-order valence-electron chi connectivity index (χ4n) is 1.41. The van der Waals surface area contributed by atoms with Gasteiger partial charge in [-0.15, -0.1) is 0 Å². The molecule has 1 unspecified atom stereocenters. The van der Waals surface area contributed by atoms with Gasteiger partial charge in [-0.2, -0.15) is 13.2 Å². The lowest BCUT2D eigenvalue weighted by Gasteiger charge is -2.09. The molecule has 0 heterocycles. The van der Waals surface area contributed by atoms with Crippen LogP contribution in [-0.4, -0.2) is 23.9 Å². The Morgan fingerprint density at radius 1 is 1.28 bits per heavy atom. The lowest BCUT2D eigenvalue weighted by atomic mass is 10.1. The lowest BCUT2D eigenvalue weighted by molar-refractivity contribution is -0.0329. The van der Waals surface area contributed by atoms with Crippen LogP contribution in [0.25, 0.3) is 0 Å². The molecule has 0 aliphatic carbocycles. The minimum atomic E-state index is -4.19. The maximum absolute atomic E-state index is 11.9. The van der Waals surface area contributed by atoms with E-state index in [4.69, 9.17) is 10.5 Å². The largest absolute Gasteiger partial charge is 0.493 e. The molecule has 0 bridgehead atoms. The van der Waals surface area contributed by atoms with E-state index in [1.54, 1.807) is 12.1 Å². The molecule has 0 radical (unpaired) electrons. The van der Waals surface area contributed by atoms with Crippen LogP contribution in [0.3, 0.4) is 0 Å². The number of benzene rings is 1. The molecule has 1 atom stereocenters. The molecule has 0 spiro atoms. The third-order valence-corrected chi connectivity index (χ3v) is 2.80. The highest BCUT2D eigenvalue weighted by atomic mass is 32.2. The summed E-state index contributed by atoms with van der Waals surface area (Å²) in [6, 6.07) is 7.32. The predicted molar refractivity (Wildman–Crippen MR) is 67.8 cm³/mol. The highest BCUT2D eigenvalue weighted by Gasteiger charge is 2.27. The monoisotopic (exact) mass is 279 g/mol. The average Bonchev–Trinajstić information content (AvgIpc) is 2.24. The first-order valence-corrected chi connectivity index (χ1v) is 6.53. The normalized spacial score (nSPS) is 13.4. The molecule has 1 aromatic rings. The number of rotatable bonds is 6. The minimum Gasteiger partial charge on any atom is -0.493 e. The summed E-state index contributed by atoms with van der Waals surface area (Å²) in [5, 5.41) is 0. The molecule has 1 rings (SSSR count). The van der Waals surface area contributed by atoms with Gasteiger partial charge < -0.3 is 10.5 Å². The standard InChI is InChI=1S/C12H16F3NOS/c1-9(16)8-10-2-4-11(5-3-10)17-6-7-18-12(13,14)15/h2-5,9H,6-8,16H2,1H3. The second-order valence-electron chi connectivity index (χ2n) is 3.97. The van der Waals surface area contributed by atoms with Crippen LogP contribution in [0, 0.1) is 0 Å². The Kier molecular flexibility index (Phi) is 5.81. The van der Waals surface area contributed by atoms with E-state index in [2.05, 4.69) is 0 Å². The van der Waals surface area contributed by atoms with Crippen molar-refractivity contribution in [3.05, 3.63) is 29.8 Å². The maximum Gasteiger partial charge on any atom is 0.441 e. The fourth-order valence-corrected chi connectivity index (χ4v) is 1.81. The Morgan fingerprint density at radius 3 is 2.39 bits per heavy atom. The van der Waals surface area contributed by atoms with Crippen LogP contribution in [0.5, 0.6) is 5.75 Å². The van der Waals surface area contributed by atoms with Crippen LogP contribution in [0.1, 0.15) is 12.5 Å². The van der Waals surface area contributed by atoms with Gasteiger partial charge >= 0.3 is 5.51 Å². The zero-order chi connectivity index (χ0) is 13.6. The topological polar surface area (TPSA) is 35.2 Å².